The van der Waals surface area contributed by atoms with Crippen molar-refractivity contribution in [2.24, 2.45) is 5.92 Å². The first-order valence-corrected chi connectivity index (χ1v) is 7.86. The van der Waals surface area contributed by atoms with E-state index in [9.17, 15) is 0 Å². The Morgan fingerprint density at radius 3 is 2.43 bits per heavy atom. The molecule has 0 aliphatic carbocycles. The highest BCUT2D eigenvalue weighted by molar-refractivity contribution is 5.59. The molecule has 0 bridgehead atoms. The van der Waals surface area contributed by atoms with Gasteiger partial charge in [-0.15, -0.1) is 0 Å². The number of rotatable bonds is 6. The second kappa shape index (κ2) is 7.55. The van der Waals surface area contributed by atoms with Gasteiger partial charge in [0.1, 0.15) is 11.5 Å². The van der Waals surface area contributed by atoms with Gasteiger partial charge in [0.2, 0.25) is 0 Å². The van der Waals surface area contributed by atoms with E-state index in [2.05, 4.69) is 11.8 Å². The van der Waals surface area contributed by atoms with Crippen LogP contribution in [0, 0.1) is 5.92 Å². The molecular formula is C17H28N2O2. The highest BCUT2D eigenvalue weighted by atomic mass is 16.5. The summed E-state index contributed by atoms with van der Waals surface area (Å²) in [5.41, 5.74) is 7.84. The average Bonchev–Trinajstić information content (AvgIpc) is 2.49. The number of aryl methyl sites for hydroxylation is 1. The number of piperidine rings is 1. The summed E-state index contributed by atoms with van der Waals surface area (Å²) in [5.74, 6) is 2.44. The largest absolute Gasteiger partial charge is 0.496 e. The fraction of sp³-hybridized carbons (Fsp3) is 0.647. The molecule has 0 amide bonds. The van der Waals surface area contributed by atoms with Crippen LogP contribution in [0.15, 0.2) is 12.1 Å². The first-order chi connectivity index (χ1) is 10.1. The number of nitrogens with zero attached hydrogens (tertiary/aromatic N) is 1. The Balaban J connectivity index is 1.89. The molecule has 0 atom stereocenters. The maximum absolute atomic E-state index is 5.99. The van der Waals surface area contributed by atoms with Crippen molar-refractivity contribution in [3.05, 3.63) is 17.7 Å². The molecule has 118 valence electrons. The summed E-state index contributed by atoms with van der Waals surface area (Å²) in [5, 5.41) is 0. The minimum absolute atomic E-state index is 0.681. The van der Waals surface area contributed by atoms with Crippen molar-refractivity contribution >= 4 is 5.69 Å². The van der Waals surface area contributed by atoms with Gasteiger partial charge in [0.05, 0.1) is 19.9 Å². The number of ether oxygens (including phenoxy) is 2. The Bertz CT molecular complexity index is 454. The van der Waals surface area contributed by atoms with Crippen molar-refractivity contribution < 1.29 is 9.47 Å². The Kier molecular flexibility index (Phi) is 5.74. The third-order valence-electron chi connectivity index (χ3n) is 4.43. The molecule has 2 N–H and O–H groups in total. The Labute approximate surface area is 128 Å². The van der Waals surface area contributed by atoms with Crippen LogP contribution in [0.2, 0.25) is 0 Å². The van der Waals surface area contributed by atoms with Crippen LogP contribution in [0.3, 0.4) is 0 Å². The summed E-state index contributed by atoms with van der Waals surface area (Å²) in [6, 6.07) is 3.86. The lowest BCUT2D eigenvalue weighted by molar-refractivity contribution is 0.190. The van der Waals surface area contributed by atoms with Crippen molar-refractivity contribution in [2.75, 3.05) is 39.6 Å². The predicted molar refractivity (Wildman–Crippen MR) is 87.1 cm³/mol. The van der Waals surface area contributed by atoms with E-state index in [4.69, 9.17) is 15.2 Å². The molecule has 1 saturated heterocycles. The van der Waals surface area contributed by atoms with Gasteiger partial charge in [-0.05, 0) is 62.9 Å². The number of nitrogen functional groups attached to an aromatic ring is 1. The van der Waals surface area contributed by atoms with Gasteiger partial charge in [-0.1, -0.05) is 6.92 Å². The highest BCUT2D eigenvalue weighted by Gasteiger charge is 2.15. The van der Waals surface area contributed by atoms with E-state index in [0.717, 1.165) is 31.1 Å². The monoisotopic (exact) mass is 292 g/mol. The van der Waals surface area contributed by atoms with Crippen molar-refractivity contribution in [1.82, 2.24) is 4.90 Å². The molecule has 4 nitrogen and oxygen atoms in total. The molecule has 21 heavy (non-hydrogen) atoms. The van der Waals surface area contributed by atoms with Crippen LogP contribution in [0.4, 0.5) is 5.69 Å². The Morgan fingerprint density at radius 1 is 1.14 bits per heavy atom. The third-order valence-corrected chi connectivity index (χ3v) is 4.43. The van der Waals surface area contributed by atoms with E-state index in [1.165, 1.54) is 31.5 Å². The maximum Gasteiger partial charge on any atom is 0.145 e. The molecule has 0 aromatic heterocycles. The number of hydrogen-bond donors (Lipinski definition) is 1. The number of benzene rings is 1. The minimum atomic E-state index is 0.681. The van der Waals surface area contributed by atoms with Crippen LogP contribution in [0.1, 0.15) is 31.7 Å². The quantitative estimate of drug-likeness (QED) is 0.819. The van der Waals surface area contributed by atoms with Gasteiger partial charge >= 0.3 is 0 Å². The summed E-state index contributed by atoms with van der Waals surface area (Å²) in [6.07, 6.45) is 4.79. The lowest BCUT2D eigenvalue weighted by Crippen LogP contribution is -2.33. The van der Waals surface area contributed by atoms with Gasteiger partial charge in [-0.25, -0.2) is 0 Å². The van der Waals surface area contributed by atoms with Gasteiger partial charge in [0, 0.05) is 6.07 Å². The van der Waals surface area contributed by atoms with E-state index >= 15 is 0 Å². The van der Waals surface area contributed by atoms with Gasteiger partial charge in [-0.2, -0.15) is 0 Å². The summed E-state index contributed by atoms with van der Waals surface area (Å²) in [4.78, 5) is 2.57. The zero-order valence-electron chi connectivity index (χ0n) is 13.5. The van der Waals surface area contributed by atoms with E-state index in [0.29, 0.717) is 11.4 Å². The summed E-state index contributed by atoms with van der Waals surface area (Å²) >= 11 is 0. The predicted octanol–water partition coefficient (Wildman–Crippen LogP) is 2.95. The first-order valence-electron chi connectivity index (χ1n) is 7.86. The number of anilines is 1. The van der Waals surface area contributed by atoms with Crippen LogP contribution in [0.25, 0.3) is 0 Å². The molecule has 1 aliphatic heterocycles. The van der Waals surface area contributed by atoms with Gasteiger partial charge in [0.25, 0.3) is 0 Å². The number of nitrogens with two attached hydrogens (primary N) is 1. The first kappa shape index (κ1) is 16.0. The van der Waals surface area contributed by atoms with Crippen molar-refractivity contribution in [3.8, 4) is 11.5 Å². The maximum atomic E-state index is 5.99. The Hall–Kier alpha value is -1.42. The fourth-order valence-electron chi connectivity index (χ4n) is 2.97. The lowest BCUT2D eigenvalue weighted by atomic mass is 9.99. The van der Waals surface area contributed by atoms with E-state index in [1.807, 2.05) is 12.1 Å². The second-order valence-corrected chi connectivity index (χ2v) is 6.03. The molecule has 1 aromatic rings. The van der Waals surface area contributed by atoms with Crippen LogP contribution in [0.5, 0.6) is 11.5 Å². The van der Waals surface area contributed by atoms with Crippen LogP contribution in [-0.4, -0.2) is 38.8 Å². The van der Waals surface area contributed by atoms with E-state index < -0.39 is 0 Å². The van der Waals surface area contributed by atoms with Crippen molar-refractivity contribution in [2.45, 2.75) is 32.6 Å². The van der Waals surface area contributed by atoms with Crippen LogP contribution >= 0.6 is 0 Å². The molecule has 2 rings (SSSR count). The average molecular weight is 292 g/mol. The smallest absolute Gasteiger partial charge is 0.145 e. The number of hydrogen-bond acceptors (Lipinski definition) is 4. The molecule has 1 aromatic carbocycles. The third kappa shape index (κ3) is 4.27. The SMILES string of the molecule is COc1cc(OC)c(CCCN2CCC(C)CC2)cc1N. The summed E-state index contributed by atoms with van der Waals surface area (Å²) < 4.78 is 10.7. The minimum Gasteiger partial charge on any atom is -0.496 e. The zero-order valence-corrected chi connectivity index (χ0v) is 13.5. The molecule has 0 saturated carbocycles. The molecule has 0 spiro atoms. The lowest BCUT2D eigenvalue weighted by Gasteiger charge is -2.30. The summed E-state index contributed by atoms with van der Waals surface area (Å²) in [6.45, 7) is 5.98. The van der Waals surface area contributed by atoms with Crippen molar-refractivity contribution in [3.63, 3.8) is 0 Å². The molecule has 4 heteroatoms. The molecule has 1 heterocycles. The number of likely N-dealkylation sites (tertiary alicyclic amines) is 1. The van der Waals surface area contributed by atoms with Crippen LogP contribution < -0.4 is 15.2 Å². The molecule has 0 unspecified atom stereocenters. The Morgan fingerprint density at radius 2 is 1.81 bits per heavy atom. The number of methoxy groups -OCH3 is 2. The van der Waals surface area contributed by atoms with Gasteiger partial charge < -0.3 is 20.1 Å². The van der Waals surface area contributed by atoms with Crippen LogP contribution in [-0.2, 0) is 6.42 Å². The van der Waals surface area contributed by atoms with Gasteiger partial charge in [0.15, 0.2) is 0 Å². The second-order valence-electron chi connectivity index (χ2n) is 6.03. The summed E-state index contributed by atoms with van der Waals surface area (Å²) in [7, 11) is 3.32. The zero-order chi connectivity index (χ0) is 15.2. The topological polar surface area (TPSA) is 47.7 Å². The fourth-order valence-corrected chi connectivity index (χ4v) is 2.97. The standard InChI is InChI=1S/C17H28N2O2/c1-13-6-9-19(10-7-13)8-4-5-14-11-15(18)17(21-3)12-16(14)20-2/h11-13H,4-10,18H2,1-3H3. The molecular weight excluding hydrogens is 264 g/mol. The normalized spacial score (nSPS) is 16.9. The molecule has 1 aliphatic rings. The van der Waals surface area contributed by atoms with Crippen molar-refractivity contribution in [1.29, 1.82) is 0 Å². The van der Waals surface area contributed by atoms with Gasteiger partial charge in [-0.3, -0.25) is 0 Å². The molecule has 1 fully saturated rings. The van der Waals surface area contributed by atoms with E-state index in [1.54, 1.807) is 14.2 Å². The van der Waals surface area contributed by atoms with E-state index in [-0.39, 0.29) is 0 Å². The molecule has 0 radical (unpaired) electrons. The highest BCUT2D eigenvalue weighted by Crippen LogP contribution is 2.31.